The lowest BCUT2D eigenvalue weighted by molar-refractivity contribution is 0.0969. The maximum Gasteiger partial charge on any atom is 0.199 e. The molecule has 2 aromatic rings. The van der Waals surface area contributed by atoms with Gasteiger partial charge in [-0.05, 0) is 12.1 Å². The summed E-state index contributed by atoms with van der Waals surface area (Å²) in [6.45, 7) is 0. The molecule has 0 spiro atoms. The van der Waals surface area contributed by atoms with Crippen LogP contribution in [-0.2, 0) is 0 Å². The van der Waals surface area contributed by atoms with Crippen LogP contribution in [0.5, 0.6) is 0 Å². The number of rotatable bonds is 0. The third-order valence-corrected chi connectivity index (χ3v) is 3.91. The molecule has 0 N–H and O–H groups in total. The fourth-order valence-electron chi connectivity index (χ4n) is 2.30. The lowest BCUT2D eigenvalue weighted by atomic mass is 9.83. The molecule has 0 saturated heterocycles. The normalized spacial score (nSPS) is 13.2. The van der Waals surface area contributed by atoms with Crippen molar-refractivity contribution in [1.82, 2.24) is 0 Å². The van der Waals surface area contributed by atoms with E-state index in [0.717, 1.165) is 0 Å². The second-order valence-corrected chi connectivity index (χ2v) is 5.26. The topological polar surface area (TPSA) is 34.1 Å². The van der Waals surface area contributed by atoms with Gasteiger partial charge in [-0.15, -0.1) is 0 Å². The molecule has 0 saturated carbocycles. The van der Waals surface area contributed by atoms with Crippen molar-refractivity contribution in [3.8, 4) is 0 Å². The third kappa shape index (κ3) is 1.74. The van der Waals surface area contributed by atoms with E-state index >= 15 is 0 Å². The lowest BCUT2D eigenvalue weighted by Crippen LogP contribution is -2.26. The molecule has 0 bridgehead atoms. The number of ketones is 2. The van der Waals surface area contributed by atoms with Crippen LogP contribution >= 0.6 is 23.2 Å². The maximum atomic E-state index is 13.8. The van der Waals surface area contributed by atoms with E-state index in [4.69, 9.17) is 23.2 Å². The van der Waals surface area contributed by atoms with E-state index < -0.39 is 57.1 Å². The molecule has 1 aliphatic carbocycles. The van der Waals surface area contributed by atoms with Crippen LogP contribution in [0.2, 0.25) is 10.0 Å². The Bertz CT molecular complexity index is 821. The number of carbonyl (C=O) groups excluding carboxylic acids is 2. The number of fused-ring (bicyclic) bond motifs is 2. The van der Waals surface area contributed by atoms with Crippen molar-refractivity contribution in [3.63, 3.8) is 0 Å². The van der Waals surface area contributed by atoms with Crippen LogP contribution in [0, 0.1) is 23.3 Å². The lowest BCUT2D eigenvalue weighted by Gasteiger charge is -2.20. The zero-order valence-corrected chi connectivity index (χ0v) is 11.8. The molecule has 2 nitrogen and oxygen atoms in total. The van der Waals surface area contributed by atoms with E-state index in [2.05, 4.69) is 0 Å². The van der Waals surface area contributed by atoms with Gasteiger partial charge in [-0.1, -0.05) is 23.2 Å². The highest BCUT2D eigenvalue weighted by Gasteiger charge is 2.40. The second kappa shape index (κ2) is 4.79. The first kappa shape index (κ1) is 15.0. The Morgan fingerprint density at radius 1 is 0.591 bits per heavy atom. The fraction of sp³-hybridized carbons (Fsp3) is 0. The summed E-state index contributed by atoms with van der Waals surface area (Å²) in [6.07, 6.45) is 0. The summed E-state index contributed by atoms with van der Waals surface area (Å²) in [5.41, 5.74) is -3.34. The first-order valence-electron chi connectivity index (χ1n) is 5.70. The number of hydrogen-bond donors (Lipinski definition) is 0. The zero-order chi connectivity index (χ0) is 16.3. The van der Waals surface area contributed by atoms with Crippen molar-refractivity contribution < 1.29 is 27.2 Å². The molecule has 0 fully saturated rings. The molecule has 8 heteroatoms. The van der Waals surface area contributed by atoms with Crippen LogP contribution in [0.15, 0.2) is 12.1 Å². The standard InChI is InChI=1S/C14H2Cl2F4O2/c15-3-1-2-4(16)6-5(3)13(21)7-8(14(6)22)10(18)12(20)11(19)9(7)17/h1-2H. The number of halogens is 6. The smallest absolute Gasteiger partial charge is 0.199 e. The molecule has 0 amide bonds. The van der Waals surface area contributed by atoms with E-state index in [1.54, 1.807) is 0 Å². The molecule has 3 rings (SSSR count). The minimum atomic E-state index is -2.18. The Labute approximate surface area is 130 Å². The molecule has 0 heterocycles. The molecule has 2 aromatic carbocycles. The summed E-state index contributed by atoms with van der Waals surface area (Å²) >= 11 is 11.6. The predicted octanol–water partition coefficient (Wildman–Crippen LogP) is 4.33. The van der Waals surface area contributed by atoms with Crippen LogP contribution < -0.4 is 0 Å². The number of carbonyl (C=O) groups is 2. The van der Waals surface area contributed by atoms with Crippen LogP contribution in [0.3, 0.4) is 0 Å². The van der Waals surface area contributed by atoms with E-state index in [1.165, 1.54) is 12.1 Å². The molecule has 0 aromatic heterocycles. The molecule has 0 unspecified atom stereocenters. The SMILES string of the molecule is O=C1c2c(Cl)ccc(Cl)c2C(=O)c2c(F)c(F)c(F)c(F)c21. The largest absolute Gasteiger partial charge is 0.288 e. The molecular formula is C14H2Cl2F4O2. The molecule has 0 radical (unpaired) electrons. The molecule has 0 aliphatic heterocycles. The van der Waals surface area contributed by atoms with Gasteiger partial charge in [0.15, 0.2) is 34.8 Å². The Morgan fingerprint density at radius 3 is 1.23 bits per heavy atom. The van der Waals surface area contributed by atoms with Gasteiger partial charge >= 0.3 is 0 Å². The summed E-state index contributed by atoms with van der Waals surface area (Å²) in [5.74, 6) is -10.7. The Balaban J connectivity index is 2.50. The maximum absolute atomic E-state index is 13.8. The Hall–Kier alpha value is -1.92. The van der Waals surface area contributed by atoms with Crippen molar-refractivity contribution in [3.05, 3.63) is 67.7 Å². The quantitative estimate of drug-likeness (QED) is 0.344. The van der Waals surface area contributed by atoms with Crippen molar-refractivity contribution in [2.24, 2.45) is 0 Å². The van der Waals surface area contributed by atoms with Crippen molar-refractivity contribution >= 4 is 34.8 Å². The van der Waals surface area contributed by atoms with Gasteiger partial charge in [-0.2, -0.15) is 0 Å². The van der Waals surface area contributed by atoms with Gasteiger partial charge in [0.25, 0.3) is 0 Å². The van der Waals surface area contributed by atoms with Gasteiger partial charge in [0, 0.05) is 0 Å². The van der Waals surface area contributed by atoms with Crippen LogP contribution in [0.4, 0.5) is 17.6 Å². The monoisotopic (exact) mass is 348 g/mol. The van der Waals surface area contributed by atoms with Crippen molar-refractivity contribution in [2.45, 2.75) is 0 Å². The molecule has 112 valence electrons. The highest BCUT2D eigenvalue weighted by atomic mass is 35.5. The van der Waals surface area contributed by atoms with E-state index in [1.807, 2.05) is 0 Å². The Kier molecular flexibility index (Phi) is 3.27. The van der Waals surface area contributed by atoms with Gasteiger partial charge < -0.3 is 0 Å². The summed E-state index contributed by atoms with van der Waals surface area (Å²) in [4.78, 5) is 24.5. The van der Waals surface area contributed by atoms with Crippen molar-refractivity contribution in [2.75, 3.05) is 0 Å². The molecule has 0 atom stereocenters. The average molecular weight is 349 g/mol. The van der Waals surface area contributed by atoms with Gasteiger partial charge in [-0.3, -0.25) is 9.59 Å². The second-order valence-electron chi connectivity index (χ2n) is 4.44. The van der Waals surface area contributed by atoms with Gasteiger partial charge in [0.2, 0.25) is 0 Å². The van der Waals surface area contributed by atoms with Crippen molar-refractivity contribution in [1.29, 1.82) is 0 Å². The van der Waals surface area contributed by atoms with E-state index in [-0.39, 0.29) is 10.0 Å². The van der Waals surface area contributed by atoms with E-state index in [0.29, 0.717) is 0 Å². The van der Waals surface area contributed by atoms with Gasteiger partial charge in [0.05, 0.1) is 32.3 Å². The van der Waals surface area contributed by atoms with Gasteiger partial charge in [-0.25, -0.2) is 17.6 Å². The highest BCUT2D eigenvalue weighted by molar-refractivity contribution is 6.43. The van der Waals surface area contributed by atoms with Gasteiger partial charge in [0.1, 0.15) is 0 Å². The average Bonchev–Trinajstić information content (AvgIpc) is 2.48. The first-order chi connectivity index (χ1) is 10.3. The van der Waals surface area contributed by atoms with Crippen LogP contribution in [-0.4, -0.2) is 11.6 Å². The minimum absolute atomic E-state index is 0.243. The minimum Gasteiger partial charge on any atom is -0.288 e. The zero-order valence-electron chi connectivity index (χ0n) is 10.2. The predicted molar refractivity (Wildman–Crippen MR) is 69.6 cm³/mol. The molecule has 1 aliphatic rings. The summed E-state index contributed by atoms with van der Waals surface area (Å²) in [5, 5.41) is -0.485. The molecule has 22 heavy (non-hydrogen) atoms. The number of benzene rings is 2. The fourth-order valence-corrected chi connectivity index (χ4v) is 2.79. The van der Waals surface area contributed by atoms with Crippen LogP contribution in [0.25, 0.3) is 0 Å². The summed E-state index contributed by atoms with van der Waals surface area (Å²) < 4.78 is 54.3. The highest BCUT2D eigenvalue weighted by Crippen LogP contribution is 2.38. The van der Waals surface area contributed by atoms with E-state index in [9.17, 15) is 27.2 Å². The van der Waals surface area contributed by atoms with Crippen LogP contribution in [0.1, 0.15) is 31.8 Å². The third-order valence-electron chi connectivity index (χ3n) is 3.28. The molecular weight excluding hydrogens is 347 g/mol. The number of hydrogen-bond acceptors (Lipinski definition) is 2. The Morgan fingerprint density at radius 2 is 0.909 bits per heavy atom. The first-order valence-corrected chi connectivity index (χ1v) is 6.46. The summed E-state index contributed by atoms with van der Waals surface area (Å²) in [7, 11) is 0. The summed E-state index contributed by atoms with van der Waals surface area (Å²) in [6, 6.07) is 2.35.